The Kier molecular flexibility index (Phi) is 3.93. The van der Waals surface area contributed by atoms with Crippen molar-refractivity contribution in [2.24, 2.45) is 0 Å². The molecule has 0 unspecified atom stereocenters. The van der Waals surface area contributed by atoms with Crippen molar-refractivity contribution in [1.29, 1.82) is 0 Å². The van der Waals surface area contributed by atoms with Crippen molar-refractivity contribution in [2.75, 3.05) is 7.05 Å². The lowest BCUT2D eigenvalue weighted by molar-refractivity contribution is -0.124. The van der Waals surface area contributed by atoms with Gasteiger partial charge < -0.3 is 4.57 Å². The van der Waals surface area contributed by atoms with E-state index in [0.29, 0.717) is 5.91 Å². The molecule has 0 rings (SSSR count). The molecule has 0 saturated carbocycles. The van der Waals surface area contributed by atoms with E-state index in [1.807, 2.05) is 11.6 Å². The molecule has 0 bridgehead atoms. The second-order valence-electron chi connectivity index (χ2n) is 5.86. The fourth-order valence-electron chi connectivity index (χ4n) is 0.946. The van der Waals surface area contributed by atoms with Crippen molar-refractivity contribution in [1.82, 2.24) is 4.57 Å². The number of hydrogen-bond acceptors (Lipinski definition) is 1. The third-order valence-corrected chi connectivity index (χ3v) is 5.69. The Labute approximate surface area is 84.4 Å². The Morgan fingerprint density at radius 3 is 1.69 bits per heavy atom. The molecule has 0 atom stereocenters. The van der Waals surface area contributed by atoms with Crippen molar-refractivity contribution < 1.29 is 4.79 Å². The van der Waals surface area contributed by atoms with Crippen LogP contribution in [0.25, 0.3) is 0 Å². The monoisotopic (exact) mass is 217 g/mol. The molecule has 0 aliphatic rings. The number of carbonyl (C=O) groups excluding carboxylic acids is 1. The molecular weight excluding hydrogens is 194 g/mol. The summed E-state index contributed by atoms with van der Waals surface area (Å²) >= 11 is 0. The van der Waals surface area contributed by atoms with Crippen molar-refractivity contribution >= 4 is 22.2 Å². The number of nitrogens with zero attached hydrogens (tertiary/aromatic N) is 1. The summed E-state index contributed by atoms with van der Waals surface area (Å²) in [4.78, 5) is 11.8. The zero-order chi connectivity index (χ0) is 10.9. The van der Waals surface area contributed by atoms with Gasteiger partial charge in [0.1, 0.15) is 0 Å². The zero-order valence-electron chi connectivity index (χ0n) is 10.1. The predicted octanol–water partition coefficient (Wildman–Crippen LogP) is 2.62. The molecular formula is C9H23NOSi2. The van der Waals surface area contributed by atoms with Crippen LogP contribution in [0, 0.1) is 0 Å². The molecule has 1 amide bonds. The minimum atomic E-state index is -1.42. The summed E-state index contributed by atoms with van der Waals surface area (Å²) in [6.45, 7) is 13.3. The van der Waals surface area contributed by atoms with E-state index in [1.54, 1.807) is 0 Å². The molecule has 0 aliphatic carbocycles. The van der Waals surface area contributed by atoms with E-state index in [9.17, 15) is 4.79 Å². The molecule has 2 nitrogen and oxygen atoms in total. The molecule has 0 radical (unpaired) electrons. The van der Waals surface area contributed by atoms with Gasteiger partial charge in [-0.3, -0.25) is 4.79 Å². The summed E-state index contributed by atoms with van der Waals surface area (Å²) in [6, 6.07) is 0.785. The topological polar surface area (TPSA) is 20.3 Å². The number of amides is 1. The van der Waals surface area contributed by atoms with Crippen LogP contribution in [-0.4, -0.2) is 33.8 Å². The fourth-order valence-corrected chi connectivity index (χ4v) is 3.08. The van der Waals surface area contributed by atoms with Crippen molar-refractivity contribution in [2.45, 2.75) is 45.3 Å². The number of carbonyl (C=O) groups is 1. The van der Waals surface area contributed by atoms with Crippen molar-refractivity contribution in [3.8, 4) is 0 Å². The van der Waals surface area contributed by atoms with E-state index in [0.717, 1.165) is 6.04 Å². The molecule has 13 heavy (non-hydrogen) atoms. The average Bonchev–Trinajstić information content (AvgIpc) is 1.79. The molecule has 0 heterocycles. The first-order valence-electron chi connectivity index (χ1n) is 4.81. The first-order chi connectivity index (χ1) is 5.54. The molecule has 0 aromatic carbocycles. The molecule has 0 fully saturated rings. The van der Waals surface area contributed by atoms with Gasteiger partial charge >= 0.3 is 0 Å². The quantitative estimate of drug-likeness (QED) is 0.666. The fraction of sp³-hybridized carbons (Fsp3) is 0.889. The molecule has 78 valence electrons. The summed E-state index contributed by atoms with van der Waals surface area (Å²) in [5.74, 6) is 0.346. The number of hydrogen-bond donors (Lipinski definition) is 0. The number of rotatable bonds is 3. The third-order valence-electron chi connectivity index (χ3n) is 2.06. The Bertz CT molecular complexity index is 191. The lowest BCUT2D eigenvalue weighted by Gasteiger charge is -2.32. The van der Waals surface area contributed by atoms with E-state index in [1.165, 1.54) is 0 Å². The van der Waals surface area contributed by atoms with Crippen molar-refractivity contribution in [3.63, 3.8) is 0 Å². The molecule has 0 N–H and O–H groups in total. The van der Waals surface area contributed by atoms with E-state index >= 15 is 0 Å². The van der Waals surface area contributed by atoms with Gasteiger partial charge in [-0.1, -0.05) is 39.3 Å². The Hall–Kier alpha value is -0.0962. The van der Waals surface area contributed by atoms with E-state index in [2.05, 4.69) is 39.3 Å². The maximum atomic E-state index is 11.8. The molecule has 0 spiro atoms. The third kappa shape index (κ3) is 5.26. The van der Waals surface area contributed by atoms with Crippen LogP contribution in [0.3, 0.4) is 0 Å². The van der Waals surface area contributed by atoms with Crippen molar-refractivity contribution in [3.05, 3.63) is 0 Å². The highest BCUT2D eigenvalue weighted by molar-refractivity contribution is 6.80. The van der Waals surface area contributed by atoms with Gasteiger partial charge in [0.2, 0.25) is 5.91 Å². The lowest BCUT2D eigenvalue weighted by Crippen LogP contribution is -2.48. The lowest BCUT2D eigenvalue weighted by atomic mass is 10.7. The van der Waals surface area contributed by atoms with Crippen LogP contribution in [0.15, 0.2) is 0 Å². The highest BCUT2D eigenvalue weighted by Gasteiger charge is 2.28. The van der Waals surface area contributed by atoms with Crippen LogP contribution in [0.1, 0.15) is 0 Å². The second kappa shape index (κ2) is 3.96. The largest absolute Gasteiger partial charge is 0.373 e. The molecule has 0 aromatic heterocycles. The minimum absolute atomic E-state index is 0.346. The van der Waals surface area contributed by atoms with Crippen LogP contribution in [0.5, 0.6) is 0 Å². The van der Waals surface area contributed by atoms with Crippen LogP contribution < -0.4 is 0 Å². The SMILES string of the molecule is CN(C(=O)C[Si](C)(C)C)[Si](C)(C)C. The van der Waals surface area contributed by atoms with E-state index in [4.69, 9.17) is 0 Å². The smallest absolute Gasteiger partial charge is 0.211 e. The van der Waals surface area contributed by atoms with Gasteiger partial charge in [0.05, 0.1) is 8.07 Å². The Morgan fingerprint density at radius 2 is 1.46 bits per heavy atom. The van der Waals surface area contributed by atoms with Gasteiger partial charge in [0, 0.05) is 13.1 Å². The van der Waals surface area contributed by atoms with Gasteiger partial charge in [-0.15, -0.1) is 0 Å². The molecule has 0 aliphatic heterocycles. The van der Waals surface area contributed by atoms with E-state index < -0.39 is 16.3 Å². The highest BCUT2D eigenvalue weighted by atomic mass is 28.3. The van der Waals surface area contributed by atoms with Gasteiger partial charge in [-0.2, -0.15) is 0 Å². The van der Waals surface area contributed by atoms with Crippen LogP contribution >= 0.6 is 0 Å². The molecule has 0 aromatic rings. The summed E-state index contributed by atoms with van der Waals surface area (Å²) in [5, 5.41) is 0. The Balaban J connectivity index is 4.30. The van der Waals surface area contributed by atoms with Gasteiger partial charge in [-0.05, 0) is 0 Å². The molecule has 0 saturated heterocycles. The highest BCUT2D eigenvalue weighted by Crippen LogP contribution is 2.14. The first kappa shape index (κ1) is 12.9. The maximum absolute atomic E-state index is 11.8. The van der Waals surface area contributed by atoms with Crippen LogP contribution in [0.2, 0.25) is 45.3 Å². The standard InChI is InChI=1S/C9H23NOSi2/c1-10(13(5,6)7)9(11)8-12(2,3)4/h8H2,1-7H3. The van der Waals surface area contributed by atoms with Crippen LogP contribution in [0.4, 0.5) is 0 Å². The maximum Gasteiger partial charge on any atom is 0.211 e. The Morgan fingerprint density at radius 1 is 1.08 bits per heavy atom. The normalized spacial score (nSPS) is 12.8. The van der Waals surface area contributed by atoms with E-state index in [-0.39, 0.29) is 0 Å². The summed E-state index contributed by atoms with van der Waals surface area (Å²) in [6.07, 6.45) is 0. The van der Waals surface area contributed by atoms with Gasteiger partial charge in [-0.25, -0.2) is 0 Å². The van der Waals surface area contributed by atoms with Gasteiger partial charge in [0.15, 0.2) is 8.24 Å². The summed E-state index contributed by atoms with van der Waals surface area (Å²) in [5.41, 5.74) is 0. The van der Waals surface area contributed by atoms with Gasteiger partial charge in [0.25, 0.3) is 0 Å². The average molecular weight is 217 g/mol. The summed E-state index contributed by atoms with van der Waals surface area (Å²) in [7, 11) is -0.695. The van der Waals surface area contributed by atoms with Crippen LogP contribution in [-0.2, 0) is 4.79 Å². The predicted molar refractivity (Wildman–Crippen MR) is 64.3 cm³/mol. The first-order valence-corrected chi connectivity index (χ1v) is 12.0. The molecule has 4 heteroatoms. The zero-order valence-corrected chi connectivity index (χ0v) is 12.1. The minimum Gasteiger partial charge on any atom is -0.373 e. The summed E-state index contributed by atoms with van der Waals surface area (Å²) < 4.78 is 1.99. The second-order valence-corrected chi connectivity index (χ2v) is 16.3.